The highest BCUT2D eigenvalue weighted by atomic mass is 16.3. The van der Waals surface area contributed by atoms with Gasteiger partial charge < -0.3 is 8.98 Å². The lowest BCUT2D eigenvalue weighted by Gasteiger charge is -2.57. The molecule has 0 radical (unpaired) electrons. The molecule has 278 valence electrons. The summed E-state index contributed by atoms with van der Waals surface area (Å²) in [6.07, 6.45) is 8.39. The van der Waals surface area contributed by atoms with Gasteiger partial charge in [-0.2, -0.15) is 0 Å². The van der Waals surface area contributed by atoms with Crippen LogP contribution in [0.4, 0.5) is 0 Å². The van der Waals surface area contributed by atoms with Crippen LogP contribution in [0.2, 0.25) is 0 Å². The lowest BCUT2D eigenvalue weighted by molar-refractivity contribution is -0.00518. The number of rotatable bonds is 5. The van der Waals surface area contributed by atoms with Gasteiger partial charge in [0.1, 0.15) is 11.2 Å². The Labute approximate surface area is 336 Å². The third-order valence-electron chi connectivity index (χ3n) is 14.0. The fourth-order valence-corrected chi connectivity index (χ4v) is 11.8. The van der Waals surface area contributed by atoms with Crippen molar-refractivity contribution >= 4 is 54.5 Å². The second-order valence-electron chi connectivity index (χ2n) is 17.5. The van der Waals surface area contributed by atoms with Crippen LogP contribution >= 0.6 is 0 Å². The van der Waals surface area contributed by atoms with Crippen LogP contribution in [0, 0.1) is 17.8 Å². The second kappa shape index (κ2) is 12.2. The molecular weight excluding hydrogens is 709 g/mol. The number of hydrogen-bond donors (Lipinski definition) is 0. The van der Waals surface area contributed by atoms with Gasteiger partial charge in [0, 0.05) is 49.3 Å². The molecule has 5 heteroatoms. The van der Waals surface area contributed by atoms with Gasteiger partial charge in [-0.25, -0.2) is 15.0 Å². The first-order valence-corrected chi connectivity index (χ1v) is 20.9. The molecule has 10 aromatic rings. The summed E-state index contributed by atoms with van der Waals surface area (Å²) in [6, 6.07) is 54.3. The molecule has 4 aliphatic carbocycles. The van der Waals surface area contributed by atoms with Gasteiger partial charge in [0.2, 0.25) is 0 Å². The van der Waals surface area contributed by atoms with Crippen molar-refractivity contribution in [2.45, 2.75) is 43.9 Å². The Morgan fingerprint density at radius 1 is 0.466 bits per heavy atom. The van der Waals surface area contributed by atoms with Gasteiger partial charge in [-0.3, -0.25) is 0 Å². The zero-order chi connectivity index (χ0) is 38.0. The number of nitrogens with zero attached hydrogens (tertiary/aromatic N) is 4. The van der Waals surface area contributed by atoms with E-state index in [0.29, 0.717) is 22.9 Å². The molecule has 0 N–H and O–H groups in total. The maximum atomic E-state index is 6.50. The van der Waals surface area contributed by atoms with Crippen molar-refractivity contribution in [3.63, 3.8) is 0 Å². The lowest BCUT2D eigenvalue weighted by Crippen LogP contribution is -2.48. The van der Waals surface area contributed by atoms with Crippen molar-refractivity contribution in [3.05, 3.63) is 157 Å². The topological polar surface area (TPSA) is 56.7 Å². The third-order valence-corrected chi connectivity index (χ3v) is 14.0. The number of benzene rings is 7. The highest BCUT2D eigenvalue weighted by Gasteiger charge is 2.51. The summed E-state index contributed by atoms with van der Waals surface area (Å²) in [6.45, 7) is 0. The van der Waals surface area contributed by atoms with Crippen LogP contribution in [0.25, 0.3) is 94.4 Å². The van der Waals surface area contributed by atoms with E-state index in [0.717, 1.165) is 73.0 Å². The maximum Gasteiger partial charge on any atom is 0.164 e. The van der Waals surface area contributed by atoms with Crippen LogP contribution < -0.4 is 0 Å². The fourth-order valence-electron chi connectivity index (χ4n) is 11.8. The summed E-state index contributed by atoms with van der Waals surface area (Å²) in [5.41, 5.74) is 9.90. The van der Waals surface area contributed by atoms with Crippen LogP contribution in [0.5, 0.6) is 0 Å². The summed E-state index contributed by atoms with van der Waals surface area (Å²) in [5, 5.41) is 6.83. The standard InChI is InChI=1S/C53H40N4O/c1-2-9-40(10-3-1)57-46-13-7-6-12-42(46)43-21-17-38(28-47(43)57)52-55-50(36-14-19-39(20-15-36)53-29-32-24-33(30-53)26-34(25-32)31-53)54-51(56-52)37-18-23-48-45(27-37)44-22-16-35-8-4-5-11-41(35)49(44)58-48/h1-23,27-28,32-34H,24-26,29-31H2. The monoisotopic (exact) mass is 748 g/mol. The van der Waals surface area contributed by atoms with E-state index in [4.69, 9.17) is 19.4 Å². The van der Waals surface area contributed by atoms with E-state index in [2.05, 4.69) is 156 Å². The van der Waals surface area contributed by atoms with Crippen LogP contribution in [0.15, 0.2) is 156 Å². The summed E-state index contributed by atoms with van der Waals surface area (Å²) < 4.78 is 8.85. The molecule has 3 heterocycles. The minimum atomic E-state index is 0.337. The van der Waals surface area contributed by atoms with Gasteiger partial charge >= 0.3 is 0 Å². The zero-order valence-electron chi connectivity index (χ0n) is 32.1. The first-order valence-electron chi connectivity index (χ1n) is 20.9. The Hall–Kier alpha value is -6.59. The first-order chi connectivity index (χ1) is 28.6. The van der Waals surface area contributed by atoms with Crippen molar-refractivity contribution < 1.29 is 4.42 Å². The zero-order valence-corrected chi connectivity index (χ0v) is 32.1. The van der Waals surface area contributed by atoms with E-state index >= 15 is 0 Å². The molecule has 5 nitrogen and oxygen atoms in total. The van der Waals surface area contributed by atoms with Crippen LogP contribution in [0.1, 0.15) is 44.1 Å². The minimum absolute atomic E-state index is 0.337. The average Bonchev–Trinajstić information content (AvgIpc) is 3.81. The predicted molar refractivity (Wildman–Crippen MR) is 235 cm³/mol. The van der Waals surface area contributed by atoms with Gasteiger partial charge in [0.15, 0.2) is 17.5 Å². The molecule has 0 atom stereocenters. The van der Waals surface area contributed by atoms with Crippen molar-refractivity contribution in [1.29, 1.82) is 0 Å². The molecule has 7 aromatic carbocycles. The molecule has 58 heavy (non-hydrogen) atoms. The Morgan fingerprint density at radius 3 is 1.81 bits per heavy atom. The molecule has 14 rings (SSSR count). The number of furan rings is 1. The van der Waals surface area contributed by atoms with Crippen LogP contribution in [-0.2, 0) is 5.41 Å². The third kappa shape index (κ3) is 4.92. The molecular formula is C53H40N4O. The predicted octanol–water partition coefficient (Wildman–Crippen LogP) is 13.5. The van der Waals surface area contributed by atoms with E-state index in [9.17, 15) is 0 Å². The molecule has 4 aliphatic rings. The SMILES string of the molecule is c1ccc(-n2c3ccccc3c3ccc(-c4nc(-c5ccc(C67CC8CC(CC(C8)C6)C7)cc5)nc(-c5ccc6oc7c8ccccc8ccc7c6c5)n4)cc32)cc1. The van der Waals surface area contributed by atoms with Gasteiger partial charge in [0.25, 0.3) is 0 Å². The van der Waals surface area contributed by atoms with Crippen LogP contribution in [-0.4, -0.2) is 19.5 Å². The van der Waals surface area contributed by atoms with E-state index in [1.807, 2.05) is 0 Å². The van der Waals surface area contributed by atoms with E-state index in [-0.39, 0.29) is 0 Å². The average molecular weight is 749 g/mol. The first kappa shape index (κ1) is 32.5. The number of hydrogen-bond acceptors (Lipinski definition) is 4. The fraction of sp³-hybridized carbons (Fsp3) is 0.189. The molecule has 0 spiro atoms. The number of fused-ring (bicyclic) bond motifs is 8. The minimum Gasteiger partial charge on any atom is -0.455 e. The molecule has 0 unspecified atom stereocenters. The van der Waals surface area contributed by atoms with Crippen molar-refractivity contribution in [2.24, 2.45) is 17.8 Å². The van der Waals surface area contributed by atoms with Gasteiger partial charge in [0.05, 0.1) is 11.0 Å². The Morgan fingerprint density at radius 2 is 1.05 bits per heavy atom. The molecule has 0 aliphatic heterocycles. The highest BCUT2D eigenvalue weighted by Crippen LogP contribution is 2.60. The van der Waals surface area contributed by atoms with Gasteiger partial charge in [-0.15, -0.1) is 0 Å². The van der Waals surface area contributed by atoms with Gasteiger partial charge in [-0.05, 0) is 121 Å². The molecule has 4 saturated carbocycles. The van der Waals surface area contributed by atoms with E-state index < -0.39 is 0 Å². The van der Waals surface area contributed by atoms with Crippen molar-refractivity contribution in [3.8, 4) is 39.9 Å². The molecule has 4 bridgehead atoms. The smallest absolute Gasteiger partial charge is 0.164 e. The summed E-state index contributed by atoms with van der Waals surface area (Å²) in [5.74, 6) is 4.69. The largest absolute Gasteiger partial charge is 0.455 e. The maximum absolute atomic E-state index is 6.50. The summed E-state index contributed by atoms with van der Waals surface area (Å²) in [4.78, 5) is 15.8. The van der Waals surface area contributed by atoms with E-state index in [1.54, 1.807) is 0 Å². The summed E-state index contributed by atoms with van der Waals surface area (Å²) in [7, 11) is 0. The Kier molecular flexibility index (Phi) is 6.84. The van der Waals surface area contributed by atoms with E-state index in [1.165, 1.54) is 65.8 Å². The molecule has 3 aromatic heterocycles. The Balaban J connectivity index is 0.983. The molecule has 0 amide bonds. The van der Waals surface area contributed by atoms with Crippen molar-refractivity contribution in [1.82, 2.24) is 19.5 Å². The molecule has 0 saturated heterocycles. The Bertz CT molecular complexity index is 3230. The normalized spacial score (nSPS) is 21.3. The van der Waals surface area contributed by atoms with Crippen molar-refractivity contribution in [2.75, 3.05) is 0 Å². The quantitative estimate of drug-likeness (QED) is 0.176. The van der Waals surface area contributed by atoms with Gasteiger partial charge in [-0.1, -0.05) is 103 Å². The lowest BCUT2D eigenvalue weighted by atomic mass is 9.48. The number of aromatic nitrogens is 4. The number of para-hydroxylation sites is 2. The van der Waals surface area contributed by atoms with Crippen LogP contribution in [0.3, 0.4) is 0 Å². The summed E-state index contributed by atoms with van der Waals surface area (Å²) >= 11 is 0. The highest BCUT2D eigenvalue weighted by molar-refractivity contribution is 6.15. The second-order valence-corrected chi connectivity index (χ2v) is 17.5. The molecule has 4 fully saturated rings.